The molecule has 0 spiro atoms. The first kappa shape index (κ1) is 19.0. The molecule has 2 N–H and O–H groups in total. The molecule has 0 aromatic heterocycles. The number of nitrogens with one attached hydrogen (secondary N) is 2. The lowest BCUT2D eigenvalue weighted by Crippen LogP contribution is -2.32. The Labute approximate surface area is 148 Å². The Morgan fingerprint density at radius 2 is 1.72 bits per heavy atom. The SMILES string of the molecule is CNCCN(C)C(=O)c1ccc(S(=O)(=O)Nc2ccccc2C)cc1. The Balaban J connectivity index is 2.16. The Bertz CT molecular complexity index is 833. The molecule has 25 heavy (non-hydrogen) atoms. The summed E-state index contributed by atoms with van der Waals surface area (Å²) in [5.41, 5.74) is 1.83. The van der Waals surface area contributed by atoms with Crippen molar-refractivity contribution in [2.75, 3.05) is 31.9 Å². The maximum atomic E-state index is 12.5. The first-order chi connectivity index (χ1) is 11.8. The van der Waals surface area contributed by atoms with Crippen molar-refractivity contribution in [3.63, 3.8) is 0 Å². The van der Waals surface area contributed by atoms with Crippen LogP contribution in [0.15, 0.2) is 53.4 Å². The number of para-hydroxylation sites is 1. The molecule has 0 aliphatic carbocycles. The zero-order valence-electron chi connectivity index (χ0n) is 14.6. The van der Waals surface area contributed by atoms with Gasteiger partial charge in [0.05, 0.1) is 10.6 Å². The van der Waals surface area contributed by atoms with Crippen molar-refractivity contribution in [2.45, 2.75) is 11.8 Å². The van der Waals surface area contributed by atoms with Crippen molar-refractivity contribution >= 4 is 21.6 Å². The van der Waals surface area contributed by atoms with Crippen LogP contribution in [0.5, 0.6) is 0 Å². The number of carbonyl (C=O) groups excluding carboxylic acids is 1. The highest BCUT2D eigenvalue weighted by Crippen LogP contribution is 2.19. The van der Waals surface area contributed by atoms with E-state index in [1.807, 2.05) is 26.1 Å². The van der Waals surface area contributed by atoms with E-state index < -0.39 is 10.0 Å². The Hall–Kier alpha value is -2.38. The van der Waals surface area contributed by atoms with Crippen LogP contribution in [0, 0.1) is 6.92 Å². The summed E-state index contributed by atoms with van der Waals surface area (Å²) in [7, 11) is -0.166. The van der Waals surface area contributed by atoms with Crippen LogP contribution in [-0.2, 0) is 10.0 Å². The van der Waals surface area contributed by atoms with Crippen LogP contribution in [0.3, 0.4) is 0 Å². The predicted molar refractivity (Wildman–Crippen MR) is 99.3 cm³/mol. The van der Waals surface area contributed by atoms with Crippen LogP contribution in [0.4, 0.5) is 5.69 Å². The second-order valence-corrected chi connectivity index (χ2v) is 7.46. The number of aryl methyl sites for hydroxylation is 1. The van der Waals surface area contributed by atoms with E-state index in [0.717, 1.165) is 5.56 Å². The van der Waals surface area contributed by atoms with Crippen molar-refractivity contribution in [2.24, 2.45) is 0 Å². The molecule has 2 aromatic rings. The molecule has 0 atom stereocenters. The van der Waals surface area contributed by atoms with E-state index in [1.54, 1.807) is 24.1 Å². The molecule has 0 heterocycles. The van der Waals surface area contributed by atoms with Gasteiger partial charge in [-0.3, -0.25) is 9.52 Å². The number of hydrogen-bond acceptors (Lipinski definition) is 4. The van der Waals surface area contributed by atoms with Gasteiger partial charge >= 0.3 is 0 Å². The number of amides is 1. The molecule has 0 unspecified atom stereocenters. The largest absolute Gasteiger partial charge is 0.340 e. The average molecular weight is 361 g/mol. The van der Waals surface area contributed by atoms with Crippen LogP contribution >= 0.6 is 0 Å². The maximum absolute atomic E-state index is 12.5. The number of likely N-dealkylation sites (N-methyl/N-ethyl adjacent to an activating group) is 2. The van der Waals surface area contributed by atoms with Crippen molar-refractivity contribution in [3.8, 4) is 0 Å². The van der Waals surface area contributed by atoms with E-state index in [0.29, 0.717) is 24.3 Å². The number of rotatable bonds is 7. The monoisotopic (exact) mass is 361 g/mol. The van der Waals surface area contributed by atoms with Crippen molar-refractivity contribution < 1.29 is 13.2 Å². The molecule has 1 amide bonds. The lowest BCUT2D eigenvalue weighted by molar-refractivity contribution is 0.0796. The lowest BCUT2D eigenvalue weighted by Gasteiger charge is -2.17. The highest BCUT2D eigenvalue weighted by Gasteiger charge is 2.17. The minimum Gasteiger partial charge on any atom is -0.340 e. The van der Waals surface area contributed by atoms with Gasteiger partial charge in [0.25, 0.3) is 15.9 Å². The third-order valence-corrected chi connectivity index (χ3v) is 5.23. The van der Waals surface area contributed by atoms with Crippen LogP contribution < -0.4 is 10.0 Å². The fraction of sp³-hybridized carbons (Fsp3) is 0.278. The van der Waals surface area contributed by atoms with E-state index in [4.69, 9.17) is 0 Å². The topological polar surface area (TPSA) is 78.5 Å². The molecule has 0 saturated carbocycles. The number of anilines is 1. The standard InChI is InChI=1S/C18H23N3O3S/c1-14-6-4-5-7-17(14)20-25(23,24)16-10-8-15(9-11-16)18(22)21(3)13-12-19-2/h4-11,19-20H,12-13H2,1-3H3. The molecule has 7 heteroatoms. The number of sulfonamides is 1. The molecule has 0 saturated heterocycles. The highest BCUT2D eigenvalue weighted by atomic mass is 32.2. The number of benzene rings is 2. The molecule has 0 aliphatic rings. The molecule has 0 radical (unpaired) electrons. The molecule has 0 fully saturated rings. The number of hydrogen-bond donors (Lipinski definition) is 2. The summed E-state index contributed by atoms with van der Waals surface area (Å²) in [4.78, 5) is 14.0. The van der Waals surface area contributed by atoms with E-state index in [-0.39, 0.29) is 10.8 Å². The zero-order chi connectivity index (χ0) is 18.4. The quantitative estimate of drug-likeness (QED) is 0.791. The second kappa shape index (κ2) is 8.13. The van der Waals surface area contributed by atoms with Crippen molar-refractivity contribution in [1.29, 1.82) is 0 Å². The third kappa shape index (κ3) is 4.80. The van der Waals surface area contributed by atoms with Crippen molar-refractivity contribution in [3.05, 3.63) is 59.7 Å². The summed E-state index contributed by atoms with van der Waals surface area (Å²) in [6.45, 7) is 3.10. The summed E-state index contributed by atoms with van der Waals surface area (Å²) < 4.78 is 27.6. The van der Waals surface area contributed by atoms with Crippen molar-refractivity contribution in [1.82, 2.24) is 10.2 Å². The average Bonchev–Trinajstić information content (AvgIpc) is 2.61. The molecule has 0 bridgehead atoms. The Morgan fingerprint density at radius 1 is 1.08 bits per heavy atom. The van der Waals surface area contributed by atoms with Gasteiger partial charge in [0.1, 0.15) is 0 Å². The lowest BCUT2D eigenvalue weighted by atomic mass is 10.2. The van der Waals surface area contributed by atoms with Gasteiger partial charge in [-0.1, -0.05) is 18.2 Å². The number of nitrogens with zero attached hydrogens (tertiary/aromatic N) is 1. The van der Waals surface area contributed by atoms with E-state index in [9.17, 15) is 13.2 Å². The summed E-state index contributed by atoms with van der Waals surface area (Å²) >= 11 is 0. The van der Waals surface area contributed by atoms with Gasteiger partial charge < -0.3 is 10.2 Å². The van der Waals surface area contributed by atoms with Gasteiger partial charge in [-0.05, 0) is 49.9 Å². The second-order valence-electron chi connectivity index (χ2n) is 5.78. The van der Waals surface area contributed by atoms with Crippen LogP contribution in [-0.4, -0.2) is 46.4 Å². The molecule has 0 aliphatic heterocycles. The van der Waals surface area contributed by atoms with Gasteiger partial charge in [0.15, 0.2) is 0 Å². The van der Waals surface area contributed by atoms with Gasteiger partial charge in [-0.25, -0.2) is 8.42 Å². The molecule has 2 aromatic carbocycles. The zero-order valence-corrected chi connectivity index (χ0v) is 15.4. The minimum absolute atomic E-state index is 0.116. The summed E-state index contributed by atoms with van der Waals surface area (Å²) in [5.74, 6) is -0.147. The maximum Gasteiger partial charge on any atom is 0.261 e. The van der Waals surface area contributed by atoms with E-state index >= 15 is 0 Å². The summed E-state index contributed by atoms with van der Waals surface area (Å²) in [6, 6.07) is 13.1. The fourth-order valence-electron chi connectivity index (χ4n) is 2.27. The van der Waals surface area contributed by atoms with Crippen LogP contribution in [0.25, 0.3) is 0 Å². The normalized spacial score (nSPS) is 11.2. The molecule has 6 nitrogen and oxygen atoms in total. The predicted octanol–water partition coefficient (Wildman–Crippen LogP) is 2.09. The highest BCUT2D eigenvalue weighted by molar-refractivity contribution is 7.92. The van der Waals surface area contributed by atoms with Gasteiger partial charge in [0, 0.05) is 25.7 Å². The number of carbonyl (C=O) groups is 1. The molecule has 2 rings (SSSR count). The fourth-order valence-corrected chi connectivity index (χ4v) is 3.40. The molecular formula is C18H23N3O3S. The van der Waals surface area contributed by atoms with Gasteiger partial charge in [0.2, 0.25) is 0 Å². The first-order valence-electron chi connectivity index (χ1n) is 7.94. The van der Waals surface area contributed by atoms with Crippen LogP contribution in [0.1, 0.15) is 15.9 Å². The molecule has 134 valence electrons. The first-order valence-corrected chi connectivity index (χ1v) is 9.42. The van der Waals surface area contributed by atoms with Gasteiger partial charge in [-0.2, -0.15) is 0 Å². The minimum atomic E-state index is -3.70. The van der Waals surface area contributed by atoms with Crippen LogP contribution in [0.2, 0.25) is 0 Å². The summed E-state index contributed by atoms with van der Waals surface area (Å²) in [5, 5.41) is 2.98. The molecular weight excluding hydrogens is 338 g/mol. The smallest absolute Gasteiger partial charge is 0.261 e. The third-order valence-electron chi connectivity index (χ3n) is 3.84. The Kier molecular flexibility index (Phi) is 6.17. The van der Waals surface area contributed by atoms with E-state index in [1.165, 1.54) is 24.3 Å². The Morgan fingerprint density at radius 3 is 2.32 bits per heavy atom. The summed E-state index contributed by atoms with van der Waals surface area (Å²) in [6.07, 6.45) is 0. The van der Waals surface area contributed by atoms with E-state index in [2.05, 4.69) is 10.0 Å². The van der Waals surface area contributed by atoms with Gasteiger partial charge in [-0.15, -0.1) is 0 Å².